The largest absolute Gasteiger partial charge is 0.384 e. The fourth-order valence-corrected chi connectivity index (χ4v) is 6.69. The quantitative estimate of drug-likeness (QED) is 0.776. The molecule has 1 heteroatoms. The number of hydrogen-bond donors (Lipinski definition) is 1. The van der Waals surface area contributed by atoms with Crippen LogP contribution in [0.2, 0.25) is 0 Å². The Kier molecular flexibility index (Phi) is 2.22. The fourth-order valence-electron chi connectivity index (χ4n) is 6.69. The van der Waals surface area contributed by atoms with Crippen LogP contribution in [0.3, 0.4) is 0 Å². The second-order valence-electron chi connectivity index (χ2n) is 8.25. The molecule has 1 atom stereocenters. The molecule has 6 rings (SSSR count). The van der Waals surface area contributed by atoms with Crippen molar-refractivity contribution in [1.29, 1.82) is 0 Å². The molecule has 106 valence electrons. The third-order valence-electron chi connectivity index (χ3n) is 6.99. The first-order valence-electron chi connectivity index (χ1n) is 8.57. The molecular formula is C19H25N. The summed E-state index contributed by atoms with van der Waals surface area (Å²) in [5, 5.41) is 3.74. The molecule has 0 amide bonds. The Morgan fingerprint density at radius 1 is 1.00 bits per heavy atom. The lowest BCUT2D eigenvalue weighted by Gasteiger charge is -2.59. The lowest BCUT2D eigenvalue weighted by Crippen LogP contribution is -2.49. The van der Waals surface area contributed by atoms with Crippen LogP contribution >= 0.6 is 0 Å². The Bertz CT molecular complexity index is 524. The molecular weight excluding hydrogens is 242 g/mol. The summed E-state index contributed by atoms with van der Waals surface area (Å²) in [6, 6.07) is 6.94. The van der Waals surface area contributed by atoms with E-state index in [2.05, 4.69) is 30.4 Å². The molecule has 20 heavy (non-hydrogen) atoms. The van der Waals surface area contributed by atoms with Crippen LogP contribution in [0.1, 0.15) is 55.6 Å². The predicted octanol–water partition coefficient (Wildman–Crippen LogP) is 4.72. The van der Waals surface area contributed by atoms with Gasteiger partial charge in [-0.25, -0.2) is 0 Å². The normalized spacial score (nSPS) is 44.5. The molecule has 1 nitrogen and oxygen atoms in total. The molecule has 1 aromatic rings. The van der Waals surface area contributed by atoms with Crippen molar-refractivity contribution in [3.63, 3.8) is 0 Å². The molecule has 0 aromatic heterocycles. The van der Waals surface area contributed by atoms with Crippen molar-refractivity contribution in [1.82, 2.24) is 0 Å². The SMILES string of the molecule is Cc1cccc2c1NCC2C12CC3CC(CC(C3)C1)C2. The maximum atomic E-state index is 3.74. The molecule has 4 fully saturated rings. The highest BCUT2D eigenvalue weighted by molar-refractivity contribution is 5.63. The minimum atomic E-state index is 0.654. The van der Waals surface area contributed by atoms with Crippen molar-refractivity contribution in [2.45, 2.75) is 51.4 Å². The third kappa shape index (κ3) is 1.44. The monoisotopic (exact) mass is 267 g/mol. The van der Waals surface area contributed by atoms with Gasteiger partial charge in [0.25, 0.3) is 0 Å². The van der Waals surface area contributed by atoms with Crippen LogP contribution in [0.15, 0.2) is 18.2 Å². The second-order valence-corrected chi connectivity index (χ2v) is 8.25. The number of nitrogens with one attached hydrogen (secondary N) is 1. The Hall–Kier alpha value is -0.980. The summed E-state index contributed by atoms with van der Waals surface area (Å²) in [6.45, 7) is 3.46. The van der Waals surface area contributed by atoms with E-state index in [1.54, 1.807) is 24.8 Å². The van der Waals surface area contributed by atoms with Crippen molar-refractivity contribution in [2.24, 2.45) is 23.2 Å². The van der Waals surface area contributed by atoms with Crippen LogP contribution in [0.25, 0.3) is 0 Å². The summed E-state index contributed by atoms with van der Waals surface area (Å²) in [5.74, 6) is 3.99. The number of rotatable bonds is 1. The van der Waals surface area contributed by atoms with E-state index in [1.807, 2.05) is 0 Å². The number of para-hydroxylation sites is 1. The fraction of sp³-hybridized carbons (Fsp3) is 0.684. The summed E-state index contributed by atoms with van der Waals surface area (Å²) < 4.78 is 0. The number of hydrogen-bond acceptors (Lipinski definition) is 1. The van der Waals surface area contributed by atoms with E-state index in [0.29, 0.717) is 5.41 Å². The predicted molar refractivity (Wildman–Crippen MR) is 83.0 cm³/mol. The van der Waals surface area contributed by atoms with Gasteiger partial charge in [-0.2, -0.15) is 0 Å². The molecule has 0 radical (unpaired) electrons. The third-order valence-corrected chi connectivity index (χ3v) is 6.99. The highest BCUT2D eigenvalue weighted by Gasteiger charge is 2.55. The van der Waals surface area contributed by atoms with Gasteiger partial charge in [0.15, 0.2) is 0 Å². The van der Waals surface area contributed by atoms with E-state index in [9.17, 15) is 0 Å². The van der Waals surface area contributed by atoms with Crippen molar-refractivity contribution < 1.29 is 0 Å². The highest BCUT2D eigenvalue weighted by atomic mass is 14.9. The summed E-state index contributed by atoms with van der Waals surface area (Å²) >= 11 is 0. The van der Waals surface area contributed by atoms with Crippen molar-refractivity contribution in [2.75, 3.05) is 11.9 Å². The first kappa shape index (κ1) is 11.7. The van der Waals surface area contributed by atoms with E-state index in [0.717, 1.165) is 23.7 Å². The Morgan fingerprint density at radius 3 is 2.30 bits per heavy atom. The molecule has 4 saturated carbocycles. The lowest BCUT2D eigenvalue weighted by atomic mass is 9.46. The van der Waals surface area contributed by atoms with Gasteiger partial charge in [-0.15, -0.1) is 0 Å². The average Bonchev–Trinajstić information content (AvgIpc) is 2.83. The number of benzene rings is 1. The van der Waals surface area contributed by atoms with Crippen LogP contribution in [-0.2, 0) is 0 Å². The van der Waals surface area contributed by atoms with E-state index >= 15 is 0 Å². The molecule has 1 N–H and O–H groups in total. The maximum Gasteiger partial charge on any atom is 0.0406 e. The Morgan fingerprint density at radius 2 is 1.65 bits per heavy atom. The summed E-state index contributed by atoms with van der Waals surface area (Å²) in [5.41, 5.74) is 5.20. The zero-order valence-corrected chi connectivity index (χ0v) is 12.5. The van der Waals surface area contributed by atoms with E-state index < -0.39 is 0 Å². The Labute approximate surface area is 122 Å². The average molecular weight is 267 g/mol. The maximum absolute atomic E-state index is 3.74. The van der Waals surface area contributed by atoms with Crippen LogP contribution in [0.4, 0.5) is 5.69 Å². The van der Waals surface area contributed by atoms with E-state index in [4.69, 9.17) is 0 Å². The minimum Gasteiger partial charge on any atom is -0.384 e. The summed E-state index contributed by atoms with van der Waals surface area (Å²) in [4.78, 5) is 0. The Balaban J connectivity index is 1.57. The minimum absolute atomic E-state index is 0.654. The summed E-state index contributed by atoms with van der Waals surface area (Å²) in [6.07, 6.45) is 9.25. The van der Waals surface area contributed by atoms with Gasteiger partial charge in [-0.05, 0) is 79.7 Å². The zero-order chi connectivity index (χ0) is 13.3. The second kappa shape index (κ2) is 3.81. The van der Waals surface area contributed by atoms with Crippen LogP contribution in [0, 0.1) is 30.1 Å². The van der Waals surface area contributed by atoms with Gasteiger partial charge in [-0.3, -0.25) is 0 Å². The lowest BCUT2D eigenvalue weighted by molar-refractivity contribution is -0.0653. The van der Waals surface area contributed by atoms with Crippen LogP contribution < -0.4 is 5.32 Å². The molecule has 4 aliphatic carbocycles. The first-order chi connectivity index (χ1) is 9.73. The van der Waals surface area contributed by atoms with Gasteiger partial charge < -0.3 is 5.32 Å². The number of anilines is 1. The van der Waals surface area contributed by atoms with E-state index in [-0.39, 0.29) is 0 Å². The molecule has 0 spiro atoms. The first-order valence-corrected chi connectivity index (χ1v) is 8.57. The van der Waals surface area contributed by atoms with Gasteiger partial charge >= 0.3 is 0 Å². The standard InChI is InChI=1S/C19H25N/c1-12-3-2-4-16-17(11-20-18(12)16)19-8-13-5-14(9-19)7-15(6-13)10-19/h2-4,13-15,17,20H,5-11H2,1H3. The number of aryl methyl sites for hydroxylation is 1. The molecule has 1 heterocycles. The van der Waals surface area contributed by atoms with Crippen molar-refractivity contribution >= 4 is 5.69 Å². The van der Waals surface area contributed by atoms with E-state index in [1.165, 1.54) is 37.1 Å². The summed E-state index contributed by atoms with van der Waals surface area (Å²) in [7, 11) is 0. The van der Waals surface area contributed by atoms with Crippen molar-refractivity contribution in [3.05, 3.63) is 29.3 Å². The smallest absolute Gasteiger partial charge is 0.0406 e. The molecule has 4 bridgehead atoms. The zero-order valence-electron chi connectivity index (χ0n) is 12.5. The number of fused-ring (bicyclic) bond motifs is 1. The molecule has 1 aliphatic heterocycles. The van der Waals surface area contributed by atoms with Gasteiger partial charge in [-0.1, -0.05) is 18.2 Å². The van der Waals surface area contributed by atoms with Gasteiger partial charge in [0.05, 0.1) is 0 Å². The van der Waals surface area contributed by atoms with Crippen molar-refractivity contribution in [3.8, 4) is 0 Å². The molecule has 1 aromatic carbocycles. The van der Waals surface area contributed by atoms with Crippen LogP contribution in [0.5, 0.6) is 0 Å². The molecule has 0 saturated heterocycles. The van der Waals surface area contributed by atoms with Gasteiger partial charge in [0, 0.05) is 18.2 Å². The van der Waals surface area contributed by atoms with Gasteiger partial charge in [0.2, 0.25) is 0 Å². The highest BCUT2D eigenvalue weighted by Crippen LogP contribution is 2.65. The topological polar surface area (TPSA) is 12.0 Å². The van der Waals surface area contributed by atoms with Crippen LogP contribution in [-0.4, -0.2) is 6.54 Å². The molecule has 1 unspecified atom stereocenters. The van der Waals surface area contributed by atoms with Gasteiger partial charge in [0.1, 0.15) is 0 Å². The molecule has 5 aliphatic rings.